The molecule has 0 aliphatic carbocycles. The molecule has 4 aromatic rings. The number of benzene rings is 4. The fourth-order valence-electron chi connectivity index (χ4n) is 1.54. The van der Waals surface area contributed by atoms with E-state index in [1.54, 1.807) is 13.8 Å². The highest BCUT2D eigenvalue weighted by Gasteiger charge is 1.61. The Kier molecular flexibility index (Phi) is 177. The minimum absolute atomic E-state index is 0.250. The van der Waals surface area contributed by atoms with Crippen molar-refractivity contribution in [2.75, 3.05) is 41.4 Å². The maximum Gasteiger partial charge on any atom is 0.194 e. The van der Waals surface area contributed by atoms with Gasteiger partial charge in [-0.15, -0.1) is 0 Å². The van der Waals surface area contributed by atoms with Crippen LogP contribution in [-0.2, 0) is 9.59 Å². The summed E-state index contributed by atoms with van der Waals surface area (Å²) in [6, 6.07) is 48.0. The summed E-state index contributed by atoms with van der Waals surface area (Å²) in [6.45, 7) is 22.8. The molecular formula is C44H80N4O12. The van der Waals surface area contributed by atoms with Gasteiger partial charge in [-0.2, -0.15) is 0 Å². The highest BCUT2D eigenvalue weighted by Crippen LogP contribution is 1.81. The number of carbonyl (C=O) groups is 2. The summed E-state index contributed by atoms with van der Waals surface area (Å²) < 4.78 is 0. The summed E-state index contributed by atoms with van der Waals surface area (Å²) in [6.07, 6.45) is 1.50. The fourth-order valence-corrected chi connectivity index (χ4v) is 1.54. The second-order valence-corrected chi connectivity index (χ2v) is 7.48. The molecule has 2 N–H and O–H groups in total. The minimum atomic E-state index is -0.500. The third kappa shape index (κ3) is 423. The molecule has 0 aliphatic rings. The van der Waals surface area contributed by atoms with Crippen molar-refractivity contribution in [1.82, 2.24) is 0 Å². The van der Waals surface area contributed by atoms with Crippen molar-refractivity contribution in [1.29, 1.82) is 0 Å². The first-order valence-electron chi connectivity index (χ1n) is 18.9. The fraction of sp³-hybridized carbons (Fsp3) is 0.409. The minimum Gasteiger partial charge on any atom is -0.397 e. The van der Waals surface area contributed by atoms with Crippen molar-refractivity contribution >= 4 is 12.6 Å². The van der Waals surface area contributed by atoms with Gasteiger partial charge in [-0.05, 0) is 27.7 Å². The smallest absolute Gasteiger partial charge is 0.194 e. The normalized spacial score (nSPS) is 6.30. The molecule has 0 saturated heterocycles. The first-order valence-corrected chi connectivity index (χ1v) is 18.9. The lowest BCUT2D eigenvalue weighted by Gasteiger charge is -1.69. The molecular weight excluding hydrogens is 776 g/mol. The van der Waals surface area contributed by atoms with Crippen molar-refractivity contribution < 1.29 is 39.5 Å². The first-order chi connectivity index (χ1) is 28.6. The summed E-state index contributed by atoms with van der Waals surface area (Å²) in [4.78, 5) is 50.8. The second-order valence-electron chi connectivity index (χ2n) is 7.48. The first kappa shape index (κ1) is 85.8. The maximum absolute atomic E-state index is 8.81. The van der Waals surface area contributed by atoms with E-state index in [0.29, 0.717) is 0 Å². The van der Waals surface area contributed by atoms with E-state index in [1.165, 1.54) is 13.8 Å². The number of rotatable bonds is 0. The van der Waals surface area contributed by atoms with Crippen LogP contribution < -0.4 is 0 Å². The van der Waals surface area contributed by atoms with Gasteiger partial charge in [-0.3, -0.25) is 40.5 Å². The van der Waals surface area contributed by atoms with E-state index >= 15 is 0 Å². The zero-order chi connectivity index (χ0) is 50.1. The lowest BCUT2D eigenvalue weighted by atomic mass is 10.4. The summed E-state index contributed by atoms with van der Waals surface area (Å²) in [5.74, 6) is 0. The predicted octanol–water partition coefficient (Wildman–Crippen LogP) is 10.8. The van der Waals surface area contributed by atoms with Gasteiger partial charge in [-0.1, -0.05) is 201 Å². The van der Waals surface area contributed by atoms with Crippen LogP contribution in [0.25, 0.3) is 0 Å². The monoisotopic (exact) mass is 857 g/mol. The van der Waals surface area contributed by atoms with Crippen LogP contribution >= 0.6 is 0 Å². The molecule has 0 aliphatic heterocycles. The van der Waals surface area contributed by atoms with Crippen LogP contribution in [0.4, 0.5) is 0 Å². The van der Waals surface area contributed by atoms with Crippen molar-refractivity contribution in [2.24, 2.45) is 0 Å². The van der Waals surface area contributed by atoms with Gasteiger partial charge in [-0.25, -0.2) is 0 Å². The number of hydrogen-bond acceptors (Lipinski definition) is 12. The largest absolute Gasteiger partial charge is 0.397 e. The third-order valence-electron chi connectivity index (χ3n) is 2.67. The van der Waals surface area contributed by atoms with Crippen LogP contribution in [0.2, 0.25) is 0 Å². The Morgan fingerprint density at radius 1 is 0.333 bits per heavy atom. The molecule has 16 heteroatoms. The maximum atomic E-state index is 8.81. The number of aliphatic hydroxyl groups is 2. The highest BCUT2D eigenvalue weighted by atomic mass is 16.6. The number of aliphatic hydroxyl groups excluding tert-OH is 2. The number of nitrogens with zero attached hydrogens (tertiary/aromatic N) is 4. The average Bonchev–Trinajstić information content (AvgIpc) is 3.25. The van der Waals surface area contributed by atoms with Gasteiger partial charge in [0.2, 0.25) is 0 Å². The van der Waals surface area contributed by atoms with Gasteiger partial charge in [0.1, 0.15) is 12.6 Å². The second kappa shape index (κ2) is 124. The Balaban J connectivity index is -0.0000000417. The van der Waals surface area contributed by atoms with E-state index in [9.17, 15) is 0 Å². The van der Waals surface area contributed by atoms with E-state index in [1.807, 2.05) is 201 Å². The number of nitro groups is 4. The molecule has 16 nitrogen and oxygen atoms in total. The van der Waals surface area contributed by atoms with Crippen molar-refractivity contribution in [3.63, 3.8) is 0 Å². The Morgan fingerprint density at radius 2 is 0.350 bits per heavy atom. The van der Waals surface area contributed by atoms with Crippen molar-refractivity contribution in [3.8, 4) is 0 Å². The van der Waals surface area contributed by atoms with E-state index in [2.05, 4.69) is 0 Å². The Morgan fingerprint density at radius 3 is 0.367 bits per heavy atom. The Hall–Kier alpha value is -6.26. The van der Waals surface area contributed by atoms with Crippen LogP contribution in [0.5, 0.6) is 0 Å². The summed E-state index contributed by atoms with van der Waals surface area (Å²) >= 11 is 0. The molecule has 4 rings (SSSR count). The molecule has 0 bridgehead atoms. The number of carbonyl (C=O) groups excluding carboxylic acids is 2. The molecule has 348 valence electrons. The van der Waals surface area contributed by atoms with Gasteiger partial charge < -0.3 is 19.8 Å². The molecule has 0 fully saturated rings. The van der Waals surface area contributed by atoms with Crippen LogP contribution in [0.1, 0.15) is 83.1 Å². The van der Waals surface area contributed by atoms with Crippen LogP contribution in [0.15, 0.2) is 146 Å². The molecule has 0 unspecified atom stereocenters. The quantitative estimate of drug-likeness (QED) is 0.0952. The van der Waals surface area contributed by atoms with Crippen LogP contribution in [0, 0.1) is 40.5 Å². The molecule has 0 amide bonds. The predicted molar refractivity (Wildman–Crippen MR) is 252 cm³/mol. The molecule has 60 heavy (non-hydrogen) atoms. The van der Waals surface area contributed by atoms with Gasteiger partial charge in [0.15, 0.2) is 28.2 Å². The van der Waals surface area contributed by atoms with E-state index in [4.69, 9.17) is 60.3 Å². The molecule has 0 atom stereocenters. The van der Waals surface area contributed by atoms with Crippen LogP contribution in [-0.4, -0.2) is 83.9 Å². The Labute approximate surface area is 362 Å². The Bertz CT molecular complexity index is 880. The van der Waals surface area contributed by atoms with Crippen LogP contribution in [0.3, 0.4) is 0 Å². The highest BCUT2D eigenvalue weighted by molar-refractivity contribution is 5.44. The molecule has 0 spiro atoms. The summed E-state index contributed by atoms with van der Waals surface area (Å²) in [5.41, 5.74) is 0. The third-order valence-corrected chi connectivity index (χ3v) is 2.67. The standard InChI is InChI=1S/4C6H6.2C2H6O.2C2H4O.4C2H6.4CH3NO2/c4*1-2-4-6-5-3-1;4*1-2-3;4*1-2;4*1-2(3)4/h4*1-6H;2*3H,2H2,1H3;2*2H,1H3;4*1-2H3;4*1H3. The molecule has 4 aromatic carbocycles. The van der Waals surface area contributed by atoms with Crippen molar-refractivity contribution in [3.05, 3.63) is 186 Å². The summed E-state index contributed by atoms with van der Waals surface area (Å²) in [5, 5.41) is 50.4. The number of hydrogen-bond donors (Lipinski definition) is 2. The van der Waals surface area contributed by atoms with E-state index in [0.717, 1.165) is 40.8 Å². The lowest BCUT2D eigenvalue weighted by molar-refractivity contribution is -0.445. The van der Waals surface area contributed by atoms with Gasteiger partial charge in [0.25, 0.3) is 0 Å². The topological polar surface area (TPSA) is 247 Å². The molecule has 0 radical (unpaired) electrons. The number of aldehydes is 2. The zero-order valence-electron chi connectivity index (χ0n) is 39.2. The van der Waals surface area contributed by atoms with Gasteiger partial charge >= 0.3 is 0 Å². The van der Waals surface area contributed by atoms with Gasteiger partial charge in [0.05, 0.1) is 0 Å². The lowest BCUT2D eigenvalue weighted by Crippen LogP contribution is -1.79. The van der Waals surface area contributed by atoms with E-state index in [-0.39, 0.29) is 13.2 Å². The molecule has 0 heterocycles. The van der Waals surface area contributed by atoms with E-state index < -0.39 is 19.7 Å². The molecule has 0 saturated carbocycles. The average molecular weight is 857 g/mol. The SMILES string of the molecule is CC.CC.CC.CC.CC=O.CC=O.CCO.CCO.C[N+](=O)[O-].C[N+](=O)[O-].C[N+](=O)[O-].C[N+](=O)[O-].c1ccccc1.c1ccccc1.c1ccccc1.c1ccccc1. The zero-order valence-corrected chi connectivity index (χ0v) is 39.2. The van der Waals surface area contributed by atoms with Gasteiger partial charge in [0, 0.05) is 32.9 Å². The molecule has 0 aromatic heterocycles. The van der Waals surface area contributed by atoms with Crippen molar-refractivity contribution in [2.45, 2.75) is 83.1 Å². The summed E-state index contributed by atoms with van der Waals surface area (Å²) in [7, 11) is 3.56.